The molecule has 0 radical (unpaired) electrons. The van der Waals surface area contributed by atoms with Gasteiger partial charge in [-0.1, -0.05) is 37.3 Å². The molecule has 29 heavy (non-hydrogen) atoms. The Morgan fingerprint density at radius 3 is 2.69 bits per heavy atom. The molecule has 2 heterocycles. The van der Waals surface area contributed by atoms with E-state index in [1.807, 2.05) is 11.0 Å². The molecule has 0 spiro atoms. The Bertz CT molecular complexity index is 732. The standard InChI is InChI=1S/C23H33N3O3/c1-2-17-28-20-12-8-16-26(18-20)23(27)15-14-22-25-24-21(29-22)13-7-6-11-19-9-4-3-5-10-19/h3-5,9-10,20H,2,6-8,11-18H2,1H3/t20-/m0/s1. The van der Waals surface area contributed by atoms with E-state index in [-0.39, 0.29) is 12.0 Å². The maximum absolute atomic E-state index is 12.5. The van der Waals surface area contributed by atoms with Gasteiger partial charge in [-0.05, 0) is 44.1 Å². The molecule has 158 valence electrons. The summed E-state index contributed by atoms with van der Waals surface area (Å²) in [6.07, 6.45) is 8.12. The minimum absolute atomic E-state index is 0.150. The predicted octanol–water partition coefficient (Wildman–Crippen LogP) is 3.99. The molecule has 0 unspecified atom stereocenters. The highest BCUT2D eigenvalue weighted by atomic mass is 16.5. The Morgan fingerprint density at radius 1 is 1.14 bits per heavy atom. The first-order chi connectivity index (χ1) is 14.2. The van der Waals surface area contributed by atoms with Crippen molar-refractivity contribution in [2.45, 2.75) is 70.8 Å². The lowest BCUT2D eigenvalue weighted by Crippen LogP contribution is -2.43. The minimum atomic E-state index is 0.150. The van der Waals surface area contributed by atoms with Crippen LogP contribution in [-0.4, -0.2) is 46.8 Å². The summed E-state index contributed by atoms with van der Waals surface area (Å²) in [6, 6.07) is 10.5. The third-order valence-corrected chi connectivity index (χ3v) is 5.30. The fourth-order valence-electron chi connectivity index (χ4n) is 3.70. The van der Waals surface area contributed by atoms with Gasteiger partial charge >= 0.3 is 0 Å². The summed E-state index contributed by atoms with van der Waals surface area (Å²) in [4.78, 5) is 14.4. The zero-order chi connectivity index (χ0) is 20.3. The Hall–Kier alpha value is -2.21. The molecule has 1 aromatic carbocycles. The summed E-state index contributed by atoms with van der Waals surface area (Å²) in [6.45, 7) is 4.40. The van der Waals surface area contributed by atoms with Gasteiger partial charge in [0.25, 0.3) is 0 Å². The second-order valence-electron chi connectivity index (χ2n) is 7.76. The van der Waals surface area contributed by atoms with E-state index >= 15 is 0 Å². The number of rotatable bonds is 11. The molecule has 3 rings (SSSR count). The topological polar surface area (TPSA) is 68.5 Å². The van der Waals surface area contributed by atoms with Crippen molar-refractivity contribution in [2.24, 2.45) is 0 Å². The third-order valence-electron chi connectivity index (χ3n) is 5.30. The zero-order valence-electron chi connectivity index (χ0n) is 17.5. The van der Waals surface area contributed by atoms with Crippen molar-refractivity contribution in [3.63, 3.8) is 0 Å². The number of carbonyl (C=O) groups excluding carboxylic acids is 1. The van der Waals surface area contributed by atoms with Gasteiger partial charge in [0.15, 0.2) is 0 Å². The van der Waals surface area contributed by atoms with Crippen LogP contribution in [-0.2, 0) is 28.8 Å². The number of ether oxygens (including phenoxy) is 1. The number of aromatic nitrogens is 2. The van der Waals surface area contributed by atoms with Gasteiger partial charge in [0, 0.05) is 39.0 Å². The van der Waals surface area contributed by atoms with Gasteiger partial charge in [0.05, 0.1) is 6.10 Å². The molecular formula is C23H33N3O3. The van der Waals surface area contributed by atoms with E-state index < -0.39 is 0 Å². The minimum Gasteiger partial charge on any atom is -0.425 e. The van der Waals surface area contributed by atoms with E-state index in [0.717, 1.165) is 58.1 Å². The van der Waals surface area contributed by atoms with Crippen molar-refractivity contribution in [1.29, 1.82) is 0 Å². The number of unbranched alkanes of at least 4 members (excludes halogenated alkanes) is 1. The van der Waals surface area contributed by atoms with Crippen molar-refractivity contribution in [3.05, 3.63) is 47.7 Å². The molecular weight excluding hydrogens is 366 g/mol. The van der Waals surface area contributed by atoms with Crippen LogP contribution in [0.5, 0.6) is 0 Å². The second-order valence-corrected chi connectivity index (χ2v) is 7.76. The maximum Gasteiger partial charge on any atom is 0.223 e. The molecule has 0 aliphatic carbocycles. The Kier molecular flexibility index (Phi) is 8.68. The van der Waals surface area contributed by atoms with Crippen LogP contribution in [0.25, 0.3) is 0 Å². The van der Waals surface area contributed by atoms with Gasteiger partial charge in [0.1, 0.15) is 0 Å². The first kappa shape index (κ1) is 21.5. The van der Waals surface area contributed by atoms with Gasteiger partial charge in [-0.2, -0.15) is 0 Å². The van der Waals surface area contributed by atoms with E-state index in [1.54, 1.807) is 0 Å². The highest BCUT2D eigenvalue weighted by Crippen LogP contribution is 2.16. The van der Waals surface area contributed by atoms with Crippen LogP contribution in [0.15, 0.2) is 34.7 Å². The molecule has 2 aromatic rings. The number of hydrogen-bond acceptors (Lipinski definition) is 5. The smallest absolute Gasteiger partial charge is 0.223 e. The first-order valence-electron chi connectivity index (χ1n) is 11.0. The van der Waals surface area contributed by atoms with E-state index in [2.05, 4.69) is 41.4 Å². The molecule has 1 aliphatic rings. The van der Waals surface area contributed by atoms with Crippen molar-refractivity contribution < 1.29 is 13.9 Å². The maximum atomic E-state index is 12.5. The average molecular weight is 400 g/mol. The van der Waals surface area contributed by atoms with E-state index in [9.17, 15) is 4.79 Å². The number of likely N-dealkylation sites (tertiary alicyclic amines) is 1. The normalized spacial score (nSPS) is 16.9. The molecule has 0 saturated carbocycles. The Labute approximate surface area is 173 Å². The summed E-state index contributed by atoms with van der Waals surface area (Å²) in [5.74, 6) is 1.39. The molecule has 1 fully saturated rings. The molecule has 0 N–H and O–H groups in total. The van der Waals surface area contributed by atoms with Crippen LogP contribution in [0.3, 0.4) is 0 Å². The lowest BCUT2D eigenvalue weighted by molar-refractivity contribution is -0.135. The van der Waals surface area contributed by atoms with Crippen molar-refractivity contribution >= 4 is 5.91 Å². The van der Waals surface area contributed by atoms with Crippen LogP contribution in [0.2, 0.25) is 0 Å². The van der Waals surface area contributed by atoms with Gasteiger partial charge in [-0.25, -0.2) is 0 Å². The number of hydrogen-bond donors (Lipinski definition) is 0. The molecule has 1 aliphatic heterocycles. The van der Waals surface area contributed by atoms with Crippen molar-refractivity contribution in [2.75, 3.05) is 19.7 Å². The fraction of sp³-hybridized carbons (Fsp3) is 0.609. The van der Waals surface area contributed by atoms with E-state index in [4.69, 9.17) is 9.15 Å². The van der Waals surface area contributed by atoms with Crippen LogP contribution in [0.1, 0.15) is 62.8 Å². The molecule has 1 saturated heterocycles. The lowest BCUT2D eigenvalue weighted by Gasteiger charge is -2.32. The number of aryl methyl sites for hydroxylation is 3. The van der Waals surface area contributed by atoms with Gasteiger partial charge in [0.2, 0.25) is 17.7 Å². The lowest BCUT2D eigenvalue weighted by atomic mass is 10.1. The third kappa shape index (κ3) is 7.28. The number of nitrogens with zero attached hydrogens (tertiary/aromatic N) is 3. The average Bonchev–Trinajstić information content (AvgIpc) is 3.22. The van der Waals surface area contributed by atoms with Gasteiger partial charge in [-0.15, -0.1) is 10.2 Å². The van der Waals surface area contributed by atoms with Crippen molar-refractivity contribution in [3.8, 4) is 0 Å². The van der Waals surface area contributed by atoms with Crippen LogP contribution in [0.4, 0.5) is 0 Å². The quantitative estimate of drug-likeness (QED) is 0.535. The highest BCUT2D eigenvalue weighted by molar-refractivity contribution is 5.76. The van der Waals surface area contributed by atoms with Crippen molar-refractivity contribution in [1.82, 2.24) is 15.1 Å². The summed E-state index contributed by atoms with van der Waals surface area (Å²) in [5.41, 5.74) is 1.36. The number of amides is 1. The highest BCUT2D eigenvalue weighted by Gasteiger charge is 2.24. The second kappa shape index (κ2) is 11.7. The number of benzene rings is 1. The van der Waals surface area contributed by atoms with E-state index in [0.29, 0.717) is 31.2 Å². The number of piperidine rings is 1. The van der Waals surface area contributed by atoms with Crippen LogP contribution >= 0.6 is 0 Å². The van der Waals surface area contributed by atoms with Crippen LogP contribution < -0.4 is 0 Å². The SMILES string of the molecule is CCCO[C@H]1CCCN(C(=O)CCc2nnc(CCCCc3ccccc3)o2)C1. The molecule has 0 bridgehead atoms. The number of carbonyl (C=O) groups is 1. The van der Waals surface area contributed by atoms with E-state index in [1.165, 1.54) is 5.56 Å². The molecule has 6 heteroatoms. The largest absolute Gasteiger partial charge is 0.425 e. The summed E-state index contributed by atoms with van der Waals surface area (Å²) < 4.78 is 11.5. The molecule has 1 atom stereocenters. The van der Waals surface area contributed by atoms with Crippen LogP contribution in [0, 0.1) is 0 Å². The monoisotopic (exact) mass is 399 g/mol. The summed E-state index contributed by atoms with van der Waals surface area (Å²) >= 11 is 0. The fourth-order valence-corrected chi connectivity index (χ4v) is 3.70. The summed E-state index contributed by atoms with van der Waals surface area (Å²) in [5, 5.41) is 8.25. The predicted molar refractivity (Wildman–Crippen MR) is 112 cm³/mol. The molecule has 1 aromatic heterocycles. The van der Waals surface area contributed by atoms with Gasteiger partial charge < -0.3 is 14.1 Å². The summed E-state index contributed by atoms with van der Waals surface area (Å²) in [7, 11) is 0. The van der Waals surface area contributed by atoms with Gasteiger partial charge in [-0.3, -0.25) is 4.79 Å². The molecule has 6 nitrogen and oxygen atoms in total. The zero-order valence-corrected chi connectivity index (χ0v) is 17.5. The Morgan fingerprint density at radius 2 is 1.90 bits per heavy atom. The molecule has 1 amide bonds. The first-order valence-corrected chi connectivity index (χ1v) is 11.0. The Balaban J connectivity index is 1.34.